The first kappa shape index (κ1) is 17.5. The highest BCUT2D eigenvalue weighted by Crippen LogP contribution is 2.38. The van der Waals surface area contributed by atoms with Crippen molar-refractivity contribution in [2.24, 2.45) is 0 Å². The average molecular weight is 383 g/mol. The maximum atomic E-state index is 12.1. The molecule has 0 spiro atoms. The Bertz CT molecular complexity index is 1130. The van der Waals surface area contributed by atoms with Gasteiger partial charge in [0.05, 0.1) is 29.3 Å². The van der Waals surface area contributed by atoms with Crippen LogP contribution in [-0.2, 0) is 10.0 Å². The second-order valence-corrected chi connectivity index (χ2v) is 8.58. The molecule has 27 heavy (non-hydrogen) atoms. The number of methoxy groups -OCH3 is 1. The number of anilines is 2. The van der Waals surface area contributed by atoms with Crippen molar-refractivity contribution in [3.8, 4) is 17.0 Å². The predicted octanol–water partition coefficient (Wildman–Crippen LogP) is 3.90. The van der Waals surface area contributed by atoms with Gasteiger partial charge in [-0.15, -0.1) is 0 Å². The lowest BCUT2D eigenvalue weighted by Crippen LogP contribution is -2.17. The number of ether oxygens (including phenoxy) is 1. The molecule has 4 rings (SSSR count). The third kappa shape index (κ3) is 3.04. The molecule has 0 radical (unpaired) electrons. The number of benzene rings is 2. The first-order valence-electron chi connectivity index (χ1n) is 8.66. The predicted molar refractivity (Wildman–Crippen MR) is 110 cm³/mol. The van der Waals surface area contributed by atoms with Crippen molar-refractivity contribution in [1.29, 1.82) is 0 Å². The van der Waals surface area contributed by atoms with E-state index in [0.717, 1.165) is 40.8 Å². The normalized spacial score (nSPS) is 14.3. The smallest absolute Gasteiger partial charge is 0.235 e. The highest BCUT2D eigenvalue weighted by molar-refractivity contribution is 7.93. The Morgan fingerprint density at radius 3 is 2.52 bits per heavy atom. The molecule has 6 nitrogen and oxygen atoms in total. The van der Waals surface area contributed by atoms with Crippen LogP contribution >= 0.6 is 0 Å². The van der Waals surface area contributed by atoms with Crippen LogP contribution in [0.4, 0.5) is 11.4 Å². The van der Waals surface area contributed by atoms with Gasteiger partial charge in [-0.25, -0.2) is 8.42 Å². The summed E-state index contributed by atoms with van der Waals surface area (Å²) in [5, 5.41) is 0.648. The van der Waals surface area contributed by atoms with Crippen LogP contribution in [0.2, 0.25) is 0 Å². The van der Waals surface area contributed by atoms with E-state index in [1.54, 1.807) is 25.4 Å². The fourth-order valence-corrected chi connectivity index (χ4v) is 4.64. The molecule has 1 saturated carbocycles. The van der Waals surface area contributed by atoms with Gasteiger partial charge >= 0.3 is 0 Å². The molecule has 7 heteroatoms. The molecule has 3 N–H and O–H groups in total. The number of nitrogens with one attached hydrogen (secondary N) is 1. The first-order chi connectivity index (χ1) is 12.9. The third-order valence-electron chi connectivity index (χ3n) is 4.81. The fourth-order valence-electron chi connectivity index (χ4n) is 3.25. The molecule has 140 valence electrons. The molecule has 0 amide bonds. The van der Waals surface area contributed by atoms with Gasteiger partial charge in [-0.2, -0.15) is 0 Å². The SMILES string of the molecule is C=Cn1c(-c2ccc(NS(=O)(=O)C3CC3)cc2)c(N)c2ccc(OC)cc21. The van der Waals surface area contributed by atoms with Crippen molar-refractivity contribution in [3.05, 3.63) is 49.0 Å². The molecule has 0 atom stereocenters. The summed E-state index contributed by atoms with van der Waals surface area (Å²) in [6.45, 7) is 3.90. The van der Waals surface area contributed by atoms with Gasteiger partial charge in [0.25, 0.3) is 0 Å². The molecule has 2 aromatic carbocycles. The minimum atomic E-state index is -3.28. The van der Waals surface area contributed by atoms with Crippen LogP contribution in [-0.4, -0.2) is 25.3 Å². The molecular formula is C20H21N3O3S. The molecule has 0 bridgehead atoms. The lowest BCUT2D eigenvalue weighted by Gasteiger charge is -2.10. The molecule has 1 aliphatic carbocycles. The number of nitrogens with zero attached hydrogens (tertiary/aromatic N) is 1. The molecule has 1 aliphatic rings. The van der Waals surface area contributed by atoms with E-state index in [0.29, 0.717) is 11.4 Å². The largest absolute Gasteiger partial charge is 0.497 e. The average Bonchev–Trinajstić information content (AvgIpc) is 3.48. The van der Waals surface area contributed by atoms with E-state index in [1.807, 2.05) is 34.9 Å². The van der Waals surface area contributed by atoms with Crippen molar-refractivity contribution in [2.75, 3.05) is 17.6 Å². The minimum absolute atomic E-state index is 0.258. The number of hydrogen-bond donors (Lipinski definition) is 2. The van der Waals surface area contributed by atoms with Crippen molar-refractivity contribution in [2.45, 2.75) is 18.1 Å². The third-order valence-corrected chi connectivity index (χ3v) is 6.68. The van der Waals surface area contributed by atoms with Crippen molar-refractivity contribution >= 4 is 38.5 Å². The monoisotopic (exact) mass is 383 g/mol. The lowest BCUT2D eigenvalue weighted by atomic mass is 10.1. The Hall–Kier alpha value is -2.93. The highest BCUT2D eigenvalue weighted by atomic mass is 32.2. The summed E-state index contributed by atoms with van der Waals surface area (Å²) in [4.78, 5) is 0. The number of nitrogen functional groups attached to an aromatic ring is 1. The van der Waals surface area contributed by atoms with E-state index in [4.69, 9.17) is 10.5 Å². The number of hydrogen-bond acceptors (Lipinski definition) is 4. The Balaban J connectivity index is 1.75. The van der Waals surface area contributed by atoms with Crippen LogP contribution in [0.1, 0.15) is 12.8 Å². The topological polar surface area (TPSA) is 86.4 Å². The van der Waals surface area contributed by atoms with Gasteiger partial charge in [0.2, 0.25) is 10.0 Å². The number of sulfonamides is 1. The van der Waals surface area contributed by atoms with Crippen LogP contribution in [0.15, 0.2) is 49.0 Å². The zero-order chi connectivity index (χ0) is 19.2. The summed E-state index contributed by atoms with van der Waals surface area (Å²) in [5.74, 6) is 0.736. The maximum absolute atomic E-state index is 12.1. The Morgan fingerprint density at radius 2 is 1.93 bits per heavy atom. The van der Waals surface area contributed by atoms with E-state index >= 15 is 0 Å². The summed E-state index contributed by atoms with van der Waals surface area (Å²) in [6, 6.07) is 12.9. The van der Waals surface area contributed by atoms with Gasteiger partial charge in [0.1, 0.15) is 5.75 Å². The Kier molecular flexibility index (Phi) is 4.11. The minimum Gasteiger partial charge on any atom is -0.497 e. The van der Waals surface area contributed by atoms with Crippen molar-refractivity contribution in [3.63, 3.8) is 0 Å². The summed E-state index contributed by atoms with van der Waals surface area (Å²) in [5.41, 5.74) is 10.2. The van der Waals surface area contributed by atoms with Gasteiger partial charge in [0, 0.05) is 28.9 Å². The van der Waals surface area contributed by atoms with E-state index in [1.165, 1.54) is 0 Å². The quantitative estimate of drug-likeness (QED) is 0.676. The van der Waals surface area contributed by atoms with Crippen LogP contribution in [0.5, 0.6) is 5.75 Å². The van der Waals surface area contributed by atoms with E-state index < -0.39 is 10.0 Å². The second kappa shape index (κ2) is 6.35. The fraction of sp³-hybridized carbons (Fsp3) is 0.200. The Morgan fingerprint density at radius 1 is 1.22 bits per heavy atom. The zero-order valence-electron chi connectivity index (χ0n) is 15.0. The van der Waals surface area contributed by atoms with Crippen molar-refractivity contribution in [1.82, 2.24) is 4.57 Å². The molecule has 0 saturated heterocycles. The molecule has 1 heterocycles. The molecule has 1 aromatic heterocycles. The maximum Gasteiger partial charge on any atom is 0.235 e. The van der Waals surface area contributed by atoms with Crippen LogP contribution in [0, 0.1) is 0 Å². The van der Waals surface area contributed by atoms with E-state index in [-0.39, 0.29) is 5.25 Å². The molecule has 0 aliphatic heterocycles. The van der Waals surface area contributed by atoms with Crippen LogP contribution in [0.25, 0.3) is 28.4 Å². The number of nitrogens with two attached hydrogens (primary N) is 1. The second-order valence-electron chi connectivity index (χ2n) is 6.62. The van der Waals surface area contributed by atoms with E-state index in [2.05, 4.69) is 11.3 Å². The molecule has 1 fully saturated rings. The lowest BCUT2D eigenvalue weighted by molar-refractivity contribution is 0.415. The summed E-state index contributed by atoms with van der Waals surface area (Å²) >= 11 is 0. The number of rotatable bonds is 6. The van der Waals surface area contributed by atoms with Crippen LogP contribution in [0.3, 0.4) is 0 Å². The van der Waals surface area contributed by atoms with Gasteiger partial charge in [0.15, 0.2) is 0 Å². The molecule has 3 aromatic rings. The summed E-state index contributed by atoms with van der Waals surface area (Å²) < 4.78 is 34.0. The van der Waals surface area contributed by atoms with Crippen molar-refractivity contribution < 1.29 is 13.2 Å². The molecule has 0 unspecified atom stereocenters. The molecular weight excluding hydrogens is 362 g/mol. The summed E-state index contributed by atoms with van der Waals surface area (Å²) in [7, 11) is -1.66. The number of fused-ring (bicyclic) bond motifs is 1. The standard InChI is InChI=1S/C20H21N3O3S/c1-3-23-18-12-15(26-2)8-11-17(18)19(21)20(23)13-4-6-14(7-5-13)22-27(24,25)16-9-10-16/h3-8,11-12,16,22H,1,9-10,21H2,2H3. The van der Waals surface area contributed by atoms with Gasteiger partial charge in [-0.05, 0) is 37.1 Å². The number of aromatic nitrogens is 1. The van der Waals surface area contributed by atoms with E-state index in [9.17, 15) is 8.42 Å². The first-order valence-corrected chi connectivity index (χ1v) is 10.2. The van der Waals surface area contributed by atoms with Gasteiger partial charge < -0.3 is 15.0 Å². The Labute approximate surface area is 158 Å². The van der Waals surface area contributed by atoms with Crippen LogP contribution < -0.4 is 15.2 Å². The van der Waals surface area contributed by atoms with Gasteiger partial charge in [-0.3, -0.25) is 4.72 Å². The summed E-state index contributed by atoms with van der Waals surface area (Å²) in [6.07, 6.45) is 3.16. The highest BCUT2D eigenvalue weighted by Gasteiger charge is 2.35. The zero-order valence-corrected chi connectivity index (χ0v) is 15.8. The van der Waals surface area contributed by atoms with Gasteiger partial charge in [-0.1, -0.05) is 18.7 Å².